The van der Waals surface area contributed by atoms with Crippen molar-refractivity contribution >= 4 is 0 Å². The van der Waals surface area contributed by atoms with Crippen LogP contribution in [0.3, 0.4) is 0 Å². The van der Waals surface area contributed by atoms with Gasteiger partial charge in [-0.25, -0.2) is 0 Å². The van der Waals surface area contributed by atoms with Crippen molar-refractivity contribution in [3.8, 4) is 5.75 Å². The van der Waals surface area contributed by atoms with Crippen LogP contribution in [0.5, 0.6) is 5.75 Å². The minimum absolute atomic E-state index is 0.209. The summed E-state index contributed by atoms with van der Waals surface area (Å²) in [5, 5.41) is 0. The van der Waals surface area contributed by atoms with Gasteiger partial charge in [0, 0.05) is 6.04 Å². The SMILES string of the molecule is CCOc1ccc(CC(C)N)c(C)c1C. The Labute approximate surface area is 92.4 Å². The summed E-state index contributed by atoms with van der Waals surface area (Å²) in [4.78, 5) is 0. The van der Waals surface area contributed by atoms with Crippen molar-refractivity contribution in [1.82, 2.24) is 0 Å². The normalized spacial score (nSPS) is 12.6. The van der Waals surface area contributed by atoms with E-state index in [9.17, 15) is 0 Å². The Balaban J connectivity index is 2.98. The highest BCUT2D eigenvalue weighted by Gasteiger charge is 2.08. The van der Waals surface area contributed by atoms with E-state index in [-0.39, 0.29) is 6.04 Å². The molecule has 0 radical (unpaired) electrons. The topological polar surface area (TPSA) is 35.2 Å². The monoisotopic (exact) mass is 207 g/mol. The van der Waals surface area contributed by atoms with Gasteiger partial charge in [0.25, 0.3) is 0 Å². The molecule has 0 aliphatic heterocycles. The molecule has 0 amide bonds. The molecule has 0 spiro atoms. The minimum Gasteiger partial charge on any atom is -0.494 e. The summed E-state index contributed by atoms with van der Waals surface area (Å²) in [6, 6.07) is 4.38. The molecule has 1 aromatic carbocycles. The van der Waals surface area contributed by atoms with Crippen LogP contribution in [0.2, 0.25) is 0 Å². The summed E-state index contributed by atoms with van der Waals surface area (Å²) in [6.45, 7) is 8.99. The van der Waals surface area contributed by atoms with Crippen molar-refractivity contribution in [2.45, 2.75) is 40.2 Å². The van der Waals surface area contributed by atoms with Gasteiger partial charge in [0.2, 0.25) is 0 Å². The van der Waals surface area contributed by atoms with Gasteiger partial charge in [-0.15, -0.1) is 0 Å². The lowest BCUT2D eigenvalue weighted by Gasteiger charge is -2.14. The molecule has 0 saturated carbocycles. The standard InChI is InChI=1S/C13H21NO/c1-5-15-13-7-6-12(8-9(2)14)10(3)11(13)4/h6-7,9H,5,8,14H2,1-4H3. The quantitative estimate of drug-likeness (QED) is 0.823. The van der Waals surface area contributed by atoms with Crippen LogP contribution < -0.4 is 10.5 Å². The third kappa shape index (κ3) is 2.96. The summed E-state index contributed by atoms with van der Waals surface area (Å²) in [5.41, 5.74) is 9.67. The Morgan fingerprint density at radius 3 is 2.47 bits per heavy atom. The van der Waals surface area contributed by atoms with Crippen molar-refractivity contribution < 1.29 is 4.74 Å². The molecule has 0 saturated heterocycles. The summed E-state index contributed by atoms with van der Waals surface area (Å²) in [5.74, 6) is 0.989. The van der Waals surface area contributed by atoms with Gasteiger partial charge in [-0.3, -0.25) is 0 Å². The van der Waals surface area contributed by atoms with E-state index in [0.717, 1.165) is 12.2 Å². The van der Waals surface area contributed by atoms with Gasteiger partial charge in [-0.05, 0) is 56.9 Å². The average molecular weight is 207 g/mol. The zero-order chi connectivity index (χ0) is 11.4. The van der Waals surface area contributed by atoms with E-state index >= 15 is 0 Å². The second kappa shape index (κ2) is 5.17. The smallest absolute Gasteiger partial charge is 0.122 e. The first-order valence-electron chi connectivity index (χ1n) is 5.53. The Morgan fingerprint density at radius 1 is 1.27 bits per heavy atom. The van der Waals surface area contributed by atoms with Gasteiger partial charge in [-0.1, -0.05) is 6.07 Å². The highest BCUT2D eigenvalue weighted by molar-refractivity contribution is 5.43. The largest absolute Gasteiger partial charge is 0.494 e. The van der Waals surface area contributed by atoms with Gasteiger partial charge in [0.15, 0.2) is 0 Å². The molecule has 1 aromatic rings. The van der Waals surface area contributed by atoms with Crippen LogP contribution >= 0.6 is 0 Å². The van der Waals surface area contributed by atoms with Crippen molar-refractivity contribution in [3.63, 3.8) is 0 Å². The molecule has 84 valence electrons. The second-order valence-electron chi connectivity index (χ2n) is 4.09. The first kappa shape index (κ1) is 12.1. The van der Waals surface area contributed by atoms with Gasteiger partial charge >= 0.3 is 0 Å². The van der Waals surface area contributed by atoms with Crippen molar-refractivity contribution in [2.75, 3.05) is 6.61 Å². The molecule has 2 nitrogen and oxygen atoms in total. The number of nitrogens with two attached hydrogens (primary N) is 1. The Morgan fingerprint density at radius 2 is 1.93 bits per heavy atom. The average Bonchev–Trinajstić information content (AvgIpc) is 2.17. The highest BCUT2D eigenvalue weighted by atomic mass is 16.5. The molecule has 1 unspecified atom stereocenters. The molecular formula is C13H21NO. The number of hydrogen-bond donors (Lipinski definition) is 1. The maximum Gasteiger partial charge on any atom is 0.122 e. The lowest BCUT2D eigenvalue weighted by atomic mass is 9.98. The van der Waals surface area contributed by atoms with Gasteiger partial charge < -0.3 is 10.5 Å². The fraction of sp³-hybridized carbons (Fsp3) is 0.538. The number of hydrogen-bond acceptors (Lipinski definition) is 2. The summed E-state index contributed by atoms with van der Waals surface area (Å²) >= 11 is 0. The predicted octanol–water partition coefficient (Wildman–Crippen LogP) is 2.59. The Bertz CT molecular complexity index is 332. The number of rotatable bonds is 4. The fourth-order valence-electron chi connectivity index (χ4n) is 1.73. The van der Waals surface area contributed by atoms with Crippen LogP contribution in [-0.4, -0.2) is 12.6 Å². The van der Waals surface area contributed by atoms with Crippen LogP contribution in [-0.2, 0) is 6.42 Å². The molecule has 2 heteroatoms. The number of benzene rings is 1. The van der Waals surface area contributed by atoms with Gasteiger partial charge in [0.1, 0.15) is 5.75 Å². The molecule has 0 aliphatic rings. The van der Waals surface area contributed by atoms with E-state index in [0.29, 0.717) is 6.61 Å². The van der Waals surface area contributed by atoms with Gasteiger partial charge in [0.05, 0.1) is 6.61 Å². The molecular weight excluding hydrogens is 186 g/mol. The third-order valence-electron chi connectivity index (χ3n) is 2.69. The molecule has 0 bridgehead atoms. The molecule has 15 heavy (non-hydrogen) atoms. The minimum atomic E-state index is 0.209. The van der Waals surface area contributed by atoms with E-state index < -0.39 is 0 Å². The maximum absolute atomic E-state index is 5.81. The first-order valence-corrected chi connectivity index (χ1v) is 5.53. The van der Waals surface area contributed by atoms with Crippen LogP contribution in [0.4, 0.5) is 0 Å². The molecule has 0 aromatic heterocycles. The first-order chi connectivity index (χ1) is 7.06. The molecule has 0 heterocycles. The predicted molar refractivity (Wildman–Crippen MR) is 64.4 cm³/mol. The lowest BCUT2D eigenvalue weighted by Crippen LogP contribution is -2.18. The maximum atomic E-state index is 5.81. The molecule has 1 rings (SSSR count). The zero-order valence-corrected chi connectivity index (χ0v) is 10.1. The molecule has 2 N–H and O–H groups in total. The number of ether oxygens (including phenoxy) is 1. The second-order valence-corrected chi connectivity index (χ2v) is 4.09. The van der Waals surface area contributed by atoms with Crippen molar-refractivity contribution in [2.24, 2.45) is 5.73 Å². The Hall–Kier alpha value is -1.02. The molecule has 1 atom stereocenters. The summed E-state index contributed by atoms with van der Waals surface area (Å²) in [7, 11) is 0. The lowest BCUT2D eigenvalue weighted by molar-refractivity contribution is 0.337. The van der Waals surface area contributed by atoms with E-state index in [1.165, 1.54) is 16.7 Å². The van der Waals surface area contributed by atoms with E-state index in [1.807, 2.05) is 19.9 Å². The third-order valence-corrected chi connectivity index (χ3v) is 2.69. The highest BCUT2D eigenvalue weighted by Crippen LogP contribution is 2.24. The van der Waals surface area contributed by atoms with Crippen molar-refractivity contribution in [3.05, 3.63) is 28.8 Å². The van der Waals surface area contributed by atoms with Crippen LogP contribution in [0.1, 0.15) is 30.5 Å². The van der Waals surface area contributed by atoms with Crippen molar-refractivity contribution in [1.29, 1.82) is 0 Å². The van der Waals surface area contributed by atoms with Crippen LogP contribution in [0, 0.1) is 13.8 Å². The van der Waals surface area contributed by atoms with E-state index in [1.54, 1.807) is 0 Å². The summed E-state index contributed by atoms with van der Waals surface area (Å²) < 4.78 is 5.55. The Kier molecular flexibility index (Phi) is 4.15. The van der Waals surface area contributed by atoms with E-state index in [2.05, 4.69) is 19.9 Å². The van der Waals surface area contributed by atoms with Gasteiger partial charge in [-0.2, -0.15) is 0 Å². The fourth-order valence-corrected chi connectivity index (χ4v) is 1.73. The zero-order valence-electron chi connectivity index (χ0n) is 10.1. The molecule has 0 aliphatic carbocycles. The van der Waals surface area contributed by atoms with Crippen LogP contribution in [0.15, 0.2) is 12.1 Å². The van der Waals surface area contributed by atoms with Crippen LogP contribution in [0.25, 0.3) is 0 Å². The van der Waals surface area contributed by atoms with E-state index in [4.69, 9.17) is 10.5 Å². The molecule has 0 fully saturated rings. The summed E-state index contributed by atoms with van der Waals surface area (Å²) in [6.07, 6.45) is 0.930.